The molecule has 5 nitrogen and oxygen atoms in total. The van der Waals surface area contributed by atoms with E-state index in [9.17, 15) is 0 Å². The zero-order valence-corrected chi connectivity index (χ0v) is 12.0. The first-order chi connectivity index (χ1) is 9.31. The Morgan fingerprint density at radius 2 is 2.05 bits per heavy atom. The van der Waals surface area contributed by atoms with Gasteiger partial charge in [-0.25, -0.2) is 4.98 Å². The highest BCUT2D eigenvalue weighted by Gasteiger charge is 2.33. The number of nitrogen functional groups attached to an aromatic ring is 1. The van der Waals surface area contributed by atoms with Crippen molar-refractivity contribution in [3.8, 4) is 9.88 Å². The number of thiazole rings is 1. The number of anilines is 1. The van der Waals surface area contributed by atoms with Crippen molar-refractivity contribution in [1.29, 1.82) is 0 Å². The van der Waals surface area contributed by atoms with Gasteiger partial charge in [0.25, 0.3) is 0 Å². The van der Waals surface area contributed by atoms with Crippen LogP contribution in [-0.4, -0.2) is 21.8 Å². The standard InChI is InChI=1S/C12H14N4OS2/c13-12-16-15-11(19-12)9-8(6-3-4-6)14-10(18-9)7-2-1-5-17-7/h6-7H,1-5H2,(H2,13,16). The van der Waals surface area contributed by atoms with Crippen molar-refractivity contribution in [1.82, 2.24) is 15.2 Å². The molecule has 2 N–H and O–H groups in total. The third-order valence-electron chi connectivity index (χ3n) is 3.47. The molecule has 2 fully saturated rings. The molecule has 0 aromatic carbocycles. The summed E-state index contributed by atoms with van der Waals surface area (Å²) in [5.41, 5.74) is 6.88. The topological polar surface area (TPSA) is 73.9 Å². The van der Waals surface area contributed by atoms with Gasteiger partial charge in [-0.2, -0.15) is 0 Å². The molecule has 3 heterocycles. The highest BCUT2D eigenvalue weighted by atomic mass is 32.1. The van der Waals surface area contributed by atoms with E-state index in [0.29, 0.717) is 11.0 Å². The van der Waals surface area contributed by atoms with Crippen LogP contribution in [0, 0.1) is 0 Å². The van der Waals surface area contributed by atoms with E-state index >= 15 is 0 Å². The lowest BCUT2D eigenvalue weighted by Gasteiger charge is -2.03. The van der Waals surface area contributed by atoms with Gasteiger partial charge in [-0.1, -0.05) is 11.3 Å². The molecule has 0 radical (unpaired) electrons. The van der Waals surface area contributed by atoms with Crippen molar-refractivity contribution in [2.24, 2.45) is 0 Å². The minimum atomic E-state index is 0.182. The van der Waals surface area contributed by atoms with Gasteiger partial charge in [0.2, 0.25) is 5.13 Å². The Morgan fingerprint density at radius 3 is 2.68 bits per heavy atom. The molecule has 4 rings (SSSR count). The van der Waals surface area contributed by atoms with Crippen LogP contribution in [0.5, 0.6) is 0 Å². The summed E-state index contributed by atoms with van der Waals surface area (Å²) in [5.74, 6) is 0.603. The van der Waals surface area contributed by atoms with E-state index in [1.807, 2.05) is 0 Å². The SMILES string of the molecule is Nc1nnc(-c2sc(C3CCCO3)nc2C2CC2)s1. The van der Waals surface area contributed by atoms with Crippen LogP contribution in [0.1, 0.15) is 48.4 Å². The summed E-state index contributed by atoms with van der Waals surface area (Å²) in [6, 6.07) is 0. The molecule has 2 aromatic rings. The maximum atomic E-state index is 5.74. The third-order valence-corrected chi connectivity index (χ3v) is 5.54. The smallest absolute Gasteiger partial charge is 0.203 e. The lowest BCUT2D eigenvalue weighted by atomic mass is 10.2. The molecule has 0 spiro atoms. The normalized spacial score (nSPS) is 23.1. The monoisotopic (exact) mass is 294 g/mol. The first kappa shape index (κ1) is 11.7. The molecule has 1 atom stereocenters. The average molecular weight is 294 g/mol. The van der Waals surface area contributed by atoms with Crippen LogP contribution in [0.25, 0.3) is 9.88 Å². The number of ether oxygens (including phenoxy) is 1. The summed E-state index contributed by atoms with van der Waals surface area (Å²) < 4.78 is 5.74. The van der Waals surface area contributed by atoms with Gasteiger partial charge in [0.05, 0.1) is 10.6 Å². The van der Waals surface area contributed by atoms with E-state index in [1.165, 1.54) is 29.9 Å². The largest absolute Gasteiger partial charge is 0.374 e. The van der Waals surface area contributed by atoms with Crippen LogP contribution in [0.3, 0.4) is 0 Å². The quantitative estimate of drug-likeness (QED) is 0.942. The summed E-state index contributed by atoms with van der Waals surface area (Å²) in [6.07, 6.45) is 4.85. The second kappa shape index (κ2) is 4.50. The Labute approximate surface area is 118 Å². The first-order valence-electron chi connectivity index (χ1n) is 6.53. The Bertz CT molecular complexity index is 599. The Kier molecular flexibility index (Phi) is 2.78. The number of rotatable bonds is 3. The van der Waals surface area contributed by atoms with Gasteiger partial charge in [0.15, 0.2) is 5.01 Å². The molecule has 1 aliphatic carbocycles. The van der Waals surface area contributed by atoms with Gasteiger partial charge in [-0.15, -0.1) is 21.5 Å². The van der Waals surface area contributed by atoms with E-state index in [1.54, 1.807) is 11.3 Å². The summed E-state index contributed by atoms with van der Waals surface area (Å²) in [6.45, 7) is 0.851. The second-order valence-corrected chi connectivity index (χ2v) is 7.03. The van der Waals surface area contributed by atoms with E-state index < -0.39 is 0 Å². The minimum Gasteiger partial charge on any atom is -0.374 e. The summed E-state index contributed by atoms with van der Waals surface area (Å²) in [4.78, 5) is 5.99. The molecule has 0 bridgehead atoms. The number of hydrogen-bond acceptors (Lipinski definition) is 7. The molecular weight excluding hydrogens is 280 g/mol. The number of nitrogens with two attached hydrogens (primary N) is 1. The second-order valence-electron chi connectivity index (χ2n) is 4.99. The molecule has 0 amide bonds. The van der Waals surface area contributed by atoms with Crippen LogP contribution in [0.15, 0.2) is 0 Å². The fourth-order valence-electron chi connectivity index (χ4n) is 2.37. The fraction of sp³-hybridized carbons (Fsp3) is 0.583. The molecule has 19 heavy (non-hydrogen) atoms. The van der Waals surface area contributed by atoms with Crippen molar-refractivity contribution < 1.29 is 4.74 Å². The van der Waals surface area contributed by atoms with Gasteiger partial charge in [-0.05, 0) is 25.7 Å². The predicted molar refractivity (Wildman–Crippen MR) is 75.3 cm³/mol. The lowest BCUT2D eigenvalue weighted by Crippen LogP contribution is -1.94. The Hall–Kier alpha value is -1.05. The maximum Gasteiger partial charge on any atom is 0.203 e. The van der Waals surface area contributed by atoms with Crippen LogP contribution < -0.4 is 5.73 Å². The van der Waals surface area contributed by atoms with Gasteiger partial charge >= 0.3 is 0 Å². The molecule has 7 heteroatoms. The van der Waals surface area contributed by atoms with E-state index in [4.69, 9.17) is 15.5 Å². The summed E-state index contributed by atoms with van der Waals surface area (Å²) >= 11 is 3.15. The van der Waals surface area contributed by atoms with Crippen LogP contribution in [0.4, 0.5) is 5.13 Å². The summed E-state index contributed by atoms with van der Waals surface area (Å²) in [5, 5.41) is 10.6. The van der Waals surface area contributed by atoms with Gasteiger partial charge in [0, 0.05) is 12.5 Å². The van der Waals surface area contributed by atoms with Crippen LogP contribution in [-0.2, 0) is 4.74 Å². The molecule has 1 aliphatic heterocycles. The molecule has 1 saturated carbocycles. The van der Waals surface area contributed by atoms with Crippen LogP contribution >= 0.6 is 22.7 Å². The fourth-order valence-corrected chi connectivity index (χ4v) is 4.30. The Morgan fingerprint density at radius 1 is 1.16 bits per heavy atom. The molecule has 1 unspecified atom stereocenters. The first-order valence-corrected chi connectivity index (χ1v) is 8.16. The molecule has 100 valence electrons. The Balaban J connectivity index is 1.75. The van der Waals surface area contributed by atoms with Gasteiger partial charge in [-0.3, -0.25) is 0 Å². The van der Waals surface area contributed by atoms with Crippen molar-refractivity contribution in [3.63, 3.8) is 0 Å². The van der Waals surface area contributed by atoms with Crippen molar-refractivity contribution in [2.45, 2.75) is 37.7 Å². The van der Waals surface area contributed by atoms with Crippen molar-refractivity contribution in [2.75, 3.05) is 12.3 Å². The number of aromatic nitrogens is 3. The minimum absolute atomic E-state index is 0.182. The molecule has 2 aliphatic rings. The predicted octanol–water partition coefficient (Wildman–Crippen LogP) is 2.97. The van der Waals surface area contributed by atoms with Crippen molar-refractivity contribution >= 4 is 27.8 Å². The third kappa shape index (κ3) is 2.15. The molecule has 2 aromatic heterocycles. The summed E-state index contributed by atoms with van der Waals surface area (Å²) in [7, 11) is 0. The van der Waals surface area contributed by atoms with Gasteiger partial charge in [0.1, 0.15) is 11.1 Å². The van der Waals surface area contributed by atoms with E-state index in [-0.39, 0.29) is 6.10 Å². The number of nitrogens with zero attached hydrogens (tertiary/aromatic N) is 3. The van der Waals surface area contributed by atoms with E-state index in [0.717, 1.165) is 34.3 Å². The van der Waals surface area contributed by atoms with E-state index in [2.05, 4.69) is 10.2 Å². The average Bonchev–Trinajstić information content (AvgIpc) is 2.87. The zero-order chi connectivity index (χ0) is 12.8. The maximum absolute atomic E-state index is 5.74. The van der Waals surface area contributed by atoms with Gasteiger partial charge < -0.3 is 10.5 Å². The van der Waals surface area contributed by atoms with Crippen LogP contribution in [0.2, 0.25) is 0 Å². The zero-order valence-electron chi connectivity index (χ0n) is 10.3. The molecule has 1 saturated heterocycles. The highest BCUT2D eigenvalue weighted by Crippen LogP contribution is 2.48. The number of hydrogen-bond donors (Lipinski definition) is 1. The molecular formula is C12H14N4OS2. The lowest BCUT2D eigenvalue weighted by molar-refractivity contribution is 0.111. The van der Waals surface area contributed by atoms with Crippen molar-refractivity contribution in [3.05, 3.63) is 10.7 Å². The highest BCUT2D eigenvalue weighted by molar-refractivity contribution is 7.23.